The van der Waals surface area contributed by atoms with Crippen molar-refractivity contribution in [3.8, 4) is 0 Å². The average molecular weight is 399 g/mol. The summed E-state index contributed by atoms with van der Waals surface area (Å²) in [7, 11) is 1.84. The monoisotopic (exact) mass is 398 g/mol. The largest absolute Gasteiger partial charge is 0.422 e. The van der Waals surface area contributed by atoms with Crippen LogP contribution in [-0.2, 0) is 15.1 Å². The Morgan fingerprint density at radius 1 is 1.21 bits per heavy atom. The smallest absolute Gasteiger partial charge is 0.252 e. The molecule has 2 aromatic rings. The molecule has 0 aliphatic carbocycles. The molecule has 1 aromatic carbocycles. The lowest BCUT2D eigenvalue weighted by molar-refractivity contribution is -0.142. The number of carbonyl (C=O) groups excluding carboxylic acids is 1. The fourth-order valence-electron chi connectivity index (χ4n) is 4.13. The maximum atomic E-state index is 13.2. The zero-order valence-corrected chi connectivity index (χ0v) is 17.6. The van der Waals surface area contributed by atoms with E-state index in [1.807, 2.05) is 32.2 Å². The number of benzene rings is 1. The van der Waals surface area contributed by atoms with Crippen molar-refractivity contribution in [3.63, 3.8) is 0 Å². The molecule has 0 radical (unpaired) electrons. The van der Waals surface area contributed by atoms with Crippen molar-refractivity contribution in [2.45, 2.75) is 38.3 Å². The van der Waals surface area contributed by atoms with Gasteiger partial charge < -0.3 is 19.0 Å². The van der Waals surface area contributed by atoms with Gasteiger partial charge >= 0.3 is 0 Å². The van der Waals surface area contributed by atoms with Crippen molar-refractivity contribution < 1.29 is 13.9 Å². The van der Waals surface area contributed by atoms with E-state index < -0.39 is 5.54 Å². The number of hydrogen-bond donors (Lipinski definition) is 1. The number of hydrogen-bond acceptors (Lipinski definition) is 6. The lowest BCUT2D eigenvalue weighted by Gasteiger charge is -2.41. The maximum absolute atomic E-state index is 13.2. The molecule has 3 heterocycles. The Balaban J connectivity index is 1.72. The topological polar surface area (TPSA) is 70.8 Å². The number of oxazole rings is 1. The molecule has 0 bridgehead atoms. The minimum atomic E-state index is -1.03. The molecule has 0 spiro atoms. The predicted molar refractivity (Wildman–Crippen MR) is 111 cm³/mol. The fraction of sp³-hybridized carbons (Fsp3) is 0.545. The highest BCUT2D eigenvalue weighted by Crippen LogP contribution is 2.37. The summed E-state index contributed by atoms with van der Waals surface area (Å²) in [6.07, 6.45) is 0. The molecule has 7 heteroatoms. The Labute approximate surface area is 172 Å². The molecular weight excluding hydrogens is 368 g/mol. The Kier molecular flexibility index (Phi) is 5.36. The number of likely N-dealkylation sites (N-methyl/N-ethyl adjacent to an activating group) is 1. The van der Waals surface area contributed by atoms with E-state index in [2.05, 4.69) is 36.2 Å². The van der Waals surface area contributed by atoms with Gasteiger partial charge in [0.05, 0.1) is 19.3 Å². The van der Waals surface area contributed by atoms with Crippen LogP contribution in [0.5, 0.6) is 0 Å². The first-order valence-corrected chi connectivity index (χ1v) is 10.3. The van der Waals surface area contributed by atoms with Crippen LogP contribution in [0.1, 0.15) is 49.9 Å². The minimum absolute atomic E-state index is 0.00476. The molecule has 4 rings (SSSR count). The quantitative estimate of drug-likeness (QED) is 0.854. The van der Waals surface area contributed by atoms with E-state index in [9.17, 15) is 4.79 Å². The molecule has 7 nitrogen and oxygen atoms in total. The molecule has 29 heavy (non-hydrogen) atoms. The van der Waals surface area contributed by atoms with E-state index in [1.165, 1.54) is 0 Å². The Bertz CT molecular complexity index is 860. The summed E-state index contributed by atoms with van der Waals surface area (Å²) < 4.78 is 11.8. The molecule has 0 saturated carbocycles. The number of ether oxygens (including phenoxy) is 1. The zero-order chi connectivity index (χ0) is 20.6. The first-order valence-electron chi connectivity index (χ1n) is 10.3. The van der Waals surface area contributed by atoms with Crippen LogP contribution in [0.4, 0.5) is 5.88 Å². The molecule has 2 atom stereocenters. The van der Waals surface area contributed by atoms with Crippen molar-refractivity contribution in [2.75, 3.05) is 44.8 Å². The van der Waals surface area contributed by atoms with Crippen molar-refractivity contribution >= 4 is 11.8 Å². The summed E-state index contributed by atoms with van der Waals surface area (Å²) in [5.41, 5.74) is 1.01. The van der Waals surface area contributed by atoms with Gasteiger partial charge in [0.2, 0.25) is 11.8 Å². The van der Waals surface area contributed by atoms with E-state index >= 15 is 0 Å². The lowest BCUT2D eigenvalue weighted by atomic mass is 9.92. The fourth-order valence-corrected chi connectivity index (χ4v) is 4.13. The van der Waals surface area contributed by atoms with E-state index in [-0.39, 0.29) is 17.9 Å². The number of anilines is 1. The van der Waals surface area contributed by atoms with E-state index in [0.717, 1.165) is 30.2 Å². The second kappa shape index (κ2) is 7.80. The van der Waals surface area contributed by atoms with Gasteiger partial charge in [-0.3, -0.25) is 10.1 Å². The van der Waals surface area contributed by atoms with Crippen LogP contribution in [0.2, 0.25) is 0 Å². The molecule has 156 valence electrons. The van der Waals surface area contributed by atoms with Gasteiger partial charge in [0.15, 0.2) is 5.54 Å². The lowest BCUT2D eigenvalue weighted by Crippen LogP contribution is -2.60. The van der Waals surface area contributed by atoms with E-state index in [4.69, 9.17) is 14.1 Å². The molecule has 2 aliphatic heterocycles. The van der Waals surface area contributed by atoms with Gasteiger partial charge in [-0.15, -0.1) is 0 Å². The van der Waals surface area contributed by atoms with Crippen molar-refractivity contribution in [1.82, 2.24) is 15.2 Å². The van der Waals surface area contributed by atoms with Crippen LogP contribution in [0.25, 0.3) is 0 Å². The number of nitrogens with zero attached hydrogens (tertiary/aromatic N) is 3. The second-order valence-electron chi connectivity index (χ2n) is 8.38. The number of carbonyl (C=O) groups is 1. The normalized spacial score (nSPS) is 25.7. The van der Waals surface area contributed by atoms with Crippen LogP contribution in [0.15, 0.2) is 34.7 Å². The third kappa shape index (κ3) is 3.65. The average Bonchev–Trinajstić information content (AvgIpc) is 3.20. The van der Waals surface area contributed by atoms with Crippen molar-refractivity contribution in [1.29, 1.82) is 0 Å². The van der Waals surface area contributed by atoms with E-state index in [0.29, 0.717) is 25.6 Å². The first kappa shape index (κ1) is 19.9. The van der Waals surface area contributed by atoms with Crippen LogP contribution in [0, 0.1) is 0 Å². The minimum Gasteiger partial charge on any atom is -0.422 e. The van der Waals surface area contributed by atoms with Gasteiger partial charge in [0.1, 0.15) is 5.69 Å². The summed E-state index contributed by atoms with van der Waals surface area (Å²) in [4.78, 5) is 22.0. The predicted octanol–water partition coefficient (Wildman–Crippen LogP) is 2.65. The number of amides is 1. The van der Waals surface area contributed by atoms with Gasteiger partial charge in [0, 0.05) is 32.6 Å². The number of piperazine rings is 1. The van der Waals surface area contributed by atoms with Gasteiger partial charge in [-0.2, -0.15) is 0 Å². The second-order valence-corrected chi connectivity index (χ2v) is 8.38. The number of morpholine rings is 1. The van der Waals surface area contributed by atoms with Gasteiger partial charge in [-0.05, 0) is 12.5 Å². The molecule has 1 aromatic heterocycles. The first-order chi connectivity index (χ1) is 13.9. The summed E-state index contributed by atoms with van der Waals surface area (Å²) in [5.74, 6) is 1.35. The number of rotatable bonds is 4. The summed E-state index contributed by atoms with van der Waals surface area (Å²) in [6, 6.07) is 10.2. The Morgan fingerprint density at radius 2 is 1.90 bits per heavy atom. The van der Waals surface area contributed by atoms with Gasteiger partial charge in [-0.25, -0.2) is 4.98 Å². The summed E-state index contributed by atoms with van der Waals surface area (Å²) >= 11 is 0. The van der Waals surface area contributed by atoms with Gasteiger partial charge in [-0.1, -0.05) is 44.2 Å². The highest BCUT2D eigenvalue weighted by atomic mass is 16.5. The number of nitrogens with one attached hydrogen (secondary N) is 1. The Morgan fingerprint density at radius 3 is 2.55 bits per heavy atom. The molecule has 2 fully saturated rings. The molecule has 1 amide bonds. The van der Waals surface area contributed by atoms with E-state index in [1.54, 1.807) is 4.90 Å². The SMILES string of the molecule is CC(C)c1nc([C@]2(C)N[C@@H](c3ccccc3)CN(C)C2=O)oc1N1CCOCC1. The van der Waals surface area contributed by atoms with Crippen LogP contribution >= 0.6 is 0 Å². The van der Waals surface area contributed by atoms with Crippen LogP contribution < -0.4 is 10.2 Å². The highest BCUT2D eigenvalue weighted by Gasteiger charge is 2.48. The summed E-state index contributed by atoms with van der Waals surface area (Å²) in [6.45, 7) is 9.54. The highest BCUT2D eigenvalue weighted by molar-refractivity contribution is 5.87. The van der Waals surface area contributed by atoms with Crippen LogP contribution in [-0.4, -0.2) is 55.7 Å². The van der Waals surface area contributed by atoms with Crippen LogP contribution in [0.3, 0.4) is 0 Å². The molecule has 2 aliphatic rings. The molecule has 2 saturated heterocycles. The molecule has 1 N–H and O–H groups in total. The standard InChI is InChI=1S/C22H30N4O3/c1-15(2)18-19(26-10-12-28-13-11-26)29-20(23-18)22(3)21(27)25(4)14-17(24-22)16-8-6-5-7-9-16/h5-9,15,17,24H,10-14H2,1-4H3/t17-,22+/m1/s1. The van der Waals surface area contributed by atoms with Crippen molar-refractivity contribution in [3.05, 3.63) is 47.5 Å². The third-order valence-electron chi connectivity index (χ3n) is 5.80. The zero-order valence-electron chi connectivity index (χ0n) is 17.6. The molecule has 0 unspecified atom stereocenters. The van der Waals surface area contributed by atoms with Gasteiger partial charge in [0.25, 0.3) is 5.91 Å². The third-order valence-corrected chi connectivity index (χ3v) is 5.80. The summed E-state index contributed by atoms with van der Waals surface area (Å²) in [5, 5.41) is 3.53. The Hall–Kier alpha value is -2.38. The maximum Gasteiger partial charge on any atom is 0.252 e. The molecular formula is C22H30N4O3. The van der Waals surface area contributed by atoms with Crippen molar-refractivity contribution in [2.24, 2.45) is 0 Å². The number of aromatic nitrogens is 1.